The third kappa shape index (κ3) is 5.29. The van der Waals surface area contributed by atoms with E-state index in [2.05, 4.69) is 10.2 Å². The predicted octanol–water partition coefficient (Wildman–Crippen LogP) is 3.10. The van der Waals surface area contributed by atoms with Gasteiger partial charge in [-0.15, -0.1) is 0 Å². The molecule has 7 nitrogen and oxygen atoms in total. The maximum Gasteiger partial charge on any atom is 0.416 e. The molecule has 2 atom stereocenters. The van der Waals surface area contributed by atoms with Crippen LogP contribution in [0.5, 0.6) is 0 Å². The van der Waals surface area contributed by atoms with Crippen molar-refractivity contribution < 1.29 is 34.7 Å². The molecule has 1 aliphatic heterocycles. The first-order chi connectivity index (χ1) is 14.2. The Morgan fingerprint density at radius 1 is 1.23 bits per heavy atom. The zero-order valence-electron chi connectivity index (χ0n) is 16.9. The zero-order chi connectivity index (χ0) is 23.1. The van der Waals surface area contributed by atoms with Crippen LogP contribution < -0.4 is 0 Å². The number of rotatable bonds is 6. The fourth-order valence-electron chi connectivity index (χ4n) is 3.50. The van der Waals surface area contributed by atoms with Crippen molar-refractivity contribution in [3.63, 3.8) is 0 Å². The number of aromatic amines is 1. The van der Waals surface area contributed by atoms with E-state index in [4.69, 9.17) is 4.74 Å². The van der Waals surface area contributed by atoms with Crippen LogP contribution in [0.1, 0.15) is 42.8 Å². The van der Waals surface area contributed by atoms with E-state index in [9.17, 15) is 30.0 Å². The van der Waals surface area contributed by atoms with E-state index in [1.807, 2.05) is 0 Å². The molecule has 1 N–H and O–H groups in total. The Labute approximate surface area is 178 Å². The quantitative estimate of drug-likeness (QED) is 0.681. The second-order valence-corrected chi connectivity index (χ2v) is 12.7. The molecule has 0 spiro atoms. The molecule has 2 unspecified atom stereocenters. The van der Waals surface area contributed by atoms with Gasteiger partial charge in [-0.2, -0.15) is 18.3 Å². The highest BCUT2D eigenvalue weighted by Crippen LogP contribution is 2.42. The van der Waals surface area contributed by atoms with Gasteiger partial charge >= 0.3 is 6.18 Å². The third-order valence-electron chi connectivity index (χ3n) is 5.41. The molecule has 0 radical (unpaired) electrons. The maximum absolute atomic E-state index is 13.3. The average molecular weight is 481 g/mol. The molecule has 0 bridgehead atoms. The molecule has 12 heteroatoms. The number of nitrogens with zero attached hydrogens (tertiary/aromatic N) is 1. The van der Waals surface area contributed by atoms with Crippen molar-refractivity contribution in [1.82, 2.24) is 10.2 Å². The number of aromatic nitrogens is 2. The largest absolute Gasteiger partial charge is 0.416 e. The molecule has 1 fully saturated rings. The van der Waals surface area contributed by atoms with Gasteiger partial charge in [0.2, 0.25) is 0 Å². The van der Waals surface area contributed by atoms with E-state index < -0.39 is 42.3 Å². The third-order valence-corrected chi connectivity index (χ3v) is 8.90. The van der Waals surface area contributed by atoms with Crippen LogP contribution in [0.3, 0.4) is 0 Å². The van der Waals surface area contributed by atoms with Gasteiger partial charge < -0.3 is 4.74 Å². The van der Waals surface area contributed by atoms with E-state index in [1.54, 1.807) is 6.07 Å². The average Bonchev–Trinajstić information content (AvgIpc) is 3.14. The molecule has 172 valence electrons. The first kappa shape index (κ1) is 23.7. The number of hydrogen-bond donors (Lipinski definition) is 1. The van der Waals surface area contributed by atoms with E-state index >= 15 is 0 Å². The van der Waals surface area contributed by atoms with E-state index in [0.717, 1.165) is 24.5 Å². The van der Waals surface area contributed by atoms with Gasteiger partial charge in [-0.3, -0.25) is 5.10 Å². The molecule has 1 aromatic heterocycles. The fourth-order valence-corrected chi connectivity index (χ4v) is 5.92. The summed E-state index contributed by atoms with van der Waals surface area (Å²) in [5.74, 6) is -0.0677. The smallest absolute Gasteiger partial charge is 0.372 e. The molecule has 31 heavy (non-hydrogen) atoms. The maximum atomic E-state index is 13.3. The Morgan fingerprint density at radius 3 is 2.58 bits per heavy atom. The molecule has 0 amide bonds. The summed E-state index contributed by atoms with van der Waals surface area (Å²) in [6.07, 6.45) is -3.88. The van der Waals surface area contributed by atoms with Crippen LogP contribution in [0, 0.1) is 0 Å². The summed E-state index contributed by atoms with van der Waals surface area (Å²) in [7, 11) is -7.26. The van der Waals surface area contributed by atoms with Crippen molar-refractivity contribution in [3.05, 3.63) is 47.3 Å². The summed E-state index contributed by atoms with van der Waals surface area (Å²) >= 11 is 0. The molecule has 1 saturated heterocycles. The number of halogens is 3. The number of H-pyrrole nitrogens is 1. The van der Waals surface area contributed by atoms with Gasteiger partial charge in [-0.1, -0.05) is 6.07 Å². The van der Waals surface area contributed by atoms with E-state index in [1.165, 1.54) is 6.92 Å². The molecule has 0 aliphatic carbocycles. The number of nitrogens with one attached hydrogen (secondary N) is 1. The minimum atomic E-state index is -4.65. The summed E-state index contributed by atoms with van der Waals surface area (Å²) in [6, 6.07) is 5.35. The summed E-state index contributed by atoms with van der Waals surface area (Å²) in [4.78, 5) is -0.388. The van der Waals surface area contributed by atoms with Gasteiger partial charge in [0, 0.05) is 25.0 Å². The van der Waals surface area contributed by atoms with Gasteiger partial charge in [0.05, 0.1) is 26.7 Å². The SMILES string of the molecule is CC1(S(=O)(=O)c2cccc(C(F)(F)F)c2)CCOC(c2cc(CCS(C)(=O)=O)[nH]n2)C1. The summed E-state index contributed by atoms with van der Waals surface area (Å²) in [5, 5.41) is 6.85. The zero-order valence-corrected chi connectivity index (χ0v) is 18.6. The van der Waals surface area contributed by atoms with E-state index in [0.29, 0.717) is 17.5 Å². The molecular formula is C19H23F3N2O5S2. The molecule has 1 aromatic carbocycles. The lowest BCUT2D eigenvalue weighted by molar-refractivity contribution is -0.137. The van der Waals surface area contributed by atoms with E-state index in [-0.39, 0.29) is 36.5 Å². The second-order valence-electron chi connectivity index (χ2n) is 7.99. The molecular weight excluding hydrogens is 457 g/mol. The minimum absolute atomic E-state index is 0.00193. The number of alkyl halides is 3. The van der Waals surface area contributed by atoms with Crippen LogP contribution in [-0.2, 0) is 37.0 Å². The predicted molar refractivity (Wildman–Crippen MR) is 107 cm³/mol. The molecule has 2 aromatic rings. The van der Waals surface area contributed by atoms with Gasteiger partial charge in [-0.05, 0) is 44.0 Å². The Hall–Kier alpha value is -1.92. The number of aryl methyl sites for hydroxylation is 1. The minimum Gasteiger partial charge on any atom is -0.372 e. The topological polar surface area (TPSA) is 106 Å². The monoisotopic (exact) mass is 480 g/mol. The molecule has 3 rings (SSSR count). The Kier molecular flexibility index (Phi) is 6.29. The van der Waals surface area contributed by atoms with Crippen molar-refractivity contribution >= 4 is 19.7 Å². The highest BCUT2D eigenvalue weighted by Gasteiger charge is 2.46. The standard InChI is InChI=1S/C19H23F3N2O5S2/c1-18(31(27,28)15-5-3-4-13(10-15)19(20,21)22)7-8-29-17(12-18)16-11-14(23-24-16)6-9-30(2,25)26/h3-5,10-11,17H,6-9,12H2,1-2H3,(H,23,24). The van der Waals surface area contributed by atoms with Crippen LogP contribution in [0.4, 0.5) is 13.2 Å². The first-order valence-electron chi connectivity index (χ1n) is 9.47. The summed E-state index contributed by atoms with van der Waals surface area (Å²) in [6.45, 7) is 1.58. The highest BCUT2D eigenvalue weighted by molar-refractivity contribution is 7.92. The van der Waals surface area contributed by atoms with Crippen LogP contribution in [0.2, 0.25) is 0 Å². The molecule has 1 aliphatic rings. The lowest BCUT2D eigenvalue weighted by atomic mass is 9.95. The number of sulfone groups is 2. The number of benzene rings is 1. The first-order valence-corrected chi connectivity index (χ1v) is 13.0. The van der Waals surface area contributed by atoms with Gasteiger partial charge in [0.15, 0.2) is 9.84 Å². The Balaban J connectivity index is 1.84. The van der Waals surface area contributed by atoms with Crippen LogP contribution >= 0.6 is 0 Å². The van der Waals surface area contributed by atoms with Crippen molar-refractivity contribution in [2.45, 2.75) is 48.1 Å². The molecule has 0 saturated carbocycles. The van der Waals surface area contributed by atoms with Gasteiger partial charge in [0.1, 0.15) is 15.9 Å². The highest BCUT2D eigenvalue weighted by atomic mass is 32.2. The lowest BCUT2D eigenvalue weighted by Gasteiger charge is -2.37. The molecule has 2 heterocycles. The van der Waals surface area contributed by atoms with Crippen LogP contribution in [0.15, 0.2) is 35.2 Å². The number of hydrogen-bond acceptors (Lipinski definition) is 6. The van der Waals surface area contributed by atoms with Gasteiger partial charge in [0.25, 0.3) is 0 Å². The van der Waals surface area contributed by atoms with Crippen molar-refractivity contribution in [2.75, 3.05) is 18.6 Å². The van der Waals surface area contributed by atoms with Crippen LogP contribution in [0.25, 0.3) is 0 Å². The fraction of sp³-hybridized carbons (Fsp3) is 0.526. The second kappa shape index (κ2) is 8.21. The van der Waals surface area contributed by atoms with Gasteiger partial charge in [-0.25, -0.2) is 16.8 Å². The Bertz CT molecular complexity index is 1160. The Morgan fingerprint density at radius 2 is 1.94 bits per heavy atom. The van der Waals surface area contributed by atoms with Crippen molar-refractivity contribution in [1.29, 1.82) is 0 Å². The van der Waals surface area contributed by atoms with Crippen LogP contribution in [-0.4, -0.2) is 50.4 Å². The summed E-state index contributed by atoms with van der Waals surface area (Å²) in [5.41, 5.74) is -0.0330. The lowest BCUT2D eigenvalue weighted by Crippen LogP contribution is -2.42. The number of ether oxygens (including phenoxy) is 1. The van der Waals surface area contributed by atoms with Crippen molar-refractivity contribution in [2.24, 2.45) is 0 Å². The van der Waals surface area contributed by atoms with Crippen molar-refractivity contribution in [3.8, 4) is 0 Å². The summed E-state index contributed by atoms with van der Waals surface area (Å²) < 4.78 is 92.7. The normalized spacial score (nSPS) is 23.1.